The Kier molecular flexibility index (Phi) is 8.41. The van der Waals surface area contributed by atoms with Crippen molar-refractivity contribution in [2.45, 2.75) is 47.1 Å². The summed E-state index contributed by atoms with van der Waals surface area (Å²) in [6, 6.07) is 8.72. The molecule has 9 heteroatoms. The number of hydrazine groups is 1. The zero-order chi connectivity index (χ0) is 24.9. The lowest BCUT2D eigenvalue weighted by Gasteiger charge is -2.39. The molecule has 0 bridgehead atoms. The van der Waals surface area contributed by atoms with Crippen molar-refractivity contribution in [3.05, 3.63) is 58.7 Å². The molecule has 0 saturated heterocycles. The normalized spacial score (nSPS) is 12.0. The summed E-state index contributed by atoms with van der Waals surface area (Å²) in [6.45, 7) is 9.56. The molecule has 0 aromatic heterocycles. The monoisotopic (exact) mass is 454 g/mol. The Labute approximate surface area is 194 Å². The molecule has 1 unspecified atom stereocenters. The molecule has 0 aliphatic heterocycles. The van der Waals surface area contributed by atoms with Crippen LogP contribution in [0.25, 0.3) is 0 Å². The van der Waals surface area contributed by atoms with Gasteiger partial charge in [0, 0.05) is 22.3 Å². The lowest BCUT2D eigenvalue weighted by atomic mass is 9.76. The molecule has 1 atom stereocenters. The van der Waals surface area contributed by atoms with Crippen molar-refractivity contribution in [1.29, 1.82) is 0 Å². The van der Waals surface area contributed by atoms with Gasteiger partial charge in [0.15, 0.2) is 0 Å². The molecule has 8 nitrogen and oxygen atoms in total. The fourth-order valence-corrected chi connectivity index (χ4v) is 3.88. The maximum atomic E-state index is 13.6. The smallest absolute Gasteiger partial charge is 0.489 e. The molecule has 2 rings (SSSR count). The number of ether oxygens (including phenoxy) is 1. The number of benzene rings is 2. The van der Waals surface area contributed by atoms with E-state index in [9.17, 15) is 24.4 Å². The number of nitrogens with one attached hydrogen (secondary N) is 1. The van der Waals surface area contributed by atoms with Gasteiger partial charge in [0.1, 0.15) is 12.0 Å². The lowest BCUT2D eigenvalue weighted by molar-refractivity contribution is 0.0284. The maximum Gasteiger partial charge on any atom is 0.489 e. The average molecular weight is 454 g/mol. The molecule has 33 heavy (non-hydrogen) atoms. The van der Waals surface area contributed by atoms with Crippen LogP contribution in [0.15, 0.2) is 36.4 Å². The van der Waals surface area contributed by atoms with E-state index in [1.54, 1.807) is 25.1 Å². The summed E-state index contributed by atoms with van der Waals surface area (Å²) in [7, 11) is -0.409. The summed E-state index contributed by atoms with van der Waals surface area (Å²) in [6.07, 6.45) is 1.03. The Morgan fingerprint density at radius 1 is 1.21 bits per heavy atom. The van der Waals surface area contributed by atoms with E-state index in [1.807, 2.05) is 27.7 Å². The van der Waals surface area contributed by atoms with Crippen molar-refractivity contribution in [3.8, 4) is 5.75 Å². The van der Waals surface area contributed by atoms with E-state index in [2.05, 4.69) is 5.43 Å². The topological polar surface area (TPSA) is 116 Å². The summed E-state index contributed by atoms with van der Waals surface area (Å²) in [4.78, 5) is 38.0. The summed E-state index contributed by atoms with van der Waals surface area (Å²) in [5, 5.41) is 20.5. The first-order chi connectivity index (χ1) is 15.5. The third-order valence-corrected chi connectivity index (χ3v) is 5.63. The highest BCUT2D eigenvalue weighted by molar-refractivity contribution is 6.60. The lowest BCUT2D eigenvalue weighted by Crippen LogP contribution is -2.56. The third-order valence-electron chi connectivity index (χ3n) is 5.63. The molecule has 0 spiro atoms. The summed E-state index contributed by atoms with van der Waals surface area (Å²) < 4.78 is 5.30. The van der Waals surface area contributed by atoms with Crippen molar-refractivity contribution >= 4 is 30.7 Å². The fourth-order valence-electron chi connectivity index (χ4n) is 3.88. The molecule has 0 radical (unpaired) electrons. The number of hydrogen-bond acceptors (Lipinski definition) is 6. The molecule has 0 saturated carbocycles. The van der Waals surface area contributed by atoms with Crippen LogP contribution < -0.4 is 15.6 Å². The Morgan fingerprint density at radius 3 is 2.39 bits per heavy atom. The van der Waals surface area contributed by atoms with Gasteiger partial charge in [-0.05, 0) is 48.5 Å². The predicted octanol–water partition coefficient (Wildman–Crippen LogP) is 2.11. The number of methoxy groups -OCH3 is 1. The number of carbonyl (C=O) groups excluding carboxylic acids is 3. The largest absolute Gasteiger partial charge is 0.496 e. The molecular weight excluding hydrogens is 423 g/mol. The Hall–Kier alpha value is -3.17. The van der Waals surface area contributed by atoms with Crippen LogP contribution in [0.2, 0.25) is 0 Å². The first-order valence-electron chi connectivity index (χ1n) is 10.7. The van der Waals surface area contributed by atoms with Gasteiger partial charge in [-0.2, -0.15) is 0 Å². The van der Waals surface area contributed by atoms with Crippen LogP contribution in [0.4, 0.5) is 0 Å². The number of amides is 2. The van der Waals surface area contributed by atoms with Crippen LogP contribution in [-0.4, -0.2) is 53.4 Å². The van der Waals surface area contributed by atoms with Gasteiger partial charge in [-0.25, -0.2) is 5.01 Å². The Bertz CT molecular complexity index is 1030. The standard InChI is InChI=1S/C24H31BN2O6/c1-7-21(24(3,4)5)27(26-22(29)18-9-8-10-20(33-6)15(18)2)23(30)16-11-12-17(14-28)19(13-16)25(31)32/h8-14,21,31-32H,7H2,1-6H3,(H,26,29). The van der Waals surface area contributed by atoms with Crippen LogP contribution in [-0.2, 0) is 0 Å². The van der Waals surface area contributed by atoms with Crippen molar-refractivity contribution < 1.29 is 29.2 Å². The van der Waals surface area contributed by atoms with E-state index in [1.165, 1.54) is 30.3 Å². The highest BCUT2D eigenvalue weighted by Gasteiger charge is 2.35. The highest BCUT2D eigenvalue weighted by atomic mass is 16.5. The zero-order valence-corrected chi connectivity index (χ0v) is 19.9. The minimum Gasteiger partial charge on any atom is -0.496 e. The van der Waals surface area contributed by atoms with Crippen molar-refractivity contribution in [1.82, 2.24) is 10.4 Å². The second-order valence-corrected chi connectivity index (χ2v) is 8.87. The number of aldehydes is 1. The second-order valence-electron chi connectivity index (χ2n) is 8.87. The van der Waals surface area contributed by atoms with E-state index in [0.717, 1.165) is 0 Å². The summed E-state index contributed by atoms with van der Waals surface area (Å²) >= 11 is 0. The van der Waals surface area contributed by atoms with Crippen LogP contribution in [0.5, 0.6) is 5.75 Å². The van der Waals surface area contributed by atoms with Crippen LogP contribution in [0.1, 0.15) is 70.8 Å². The number of carbonyl (C=O) groups is 3. The van der Waals surface area contributed by atoms with Crippen molar-refractivity contribution in [3.63, 3.8) is 0 Å². The molecule has 2 amide bonds. The van der Waals surface area contributed by atoms with Crippen LogP contribution in [0.3, 0.4) is 0 Å². The van der Waals surface area contributed by atoms with Gasteiger partial charge in [-0.1, -0.05) is 39.8 Å². The van der Waals surface area contributed by atoms with Gasteiger partial charge in [0.25, 0.3) is 11.8 Å². The van der Waals surface area contributed by atoms with Gasteiger partial charge >= 0.3 is 7.12 Å². The van der Waals surface area contributed by atoms with E-state index in [-0.39, 0.29) is 28.0 Å². The Morgan fingerprint density at radius 2 is 1.88 bits per heavy atom. The van der Waals surface area contributed by atoms with Gasteiger partial charge in [-0.3, -0.25) is 19.8 Å². The zero-order valence-electron chi connectivity index (χ0n) is 19.9. The number of hydrogen-bond donors (Lipinski definition) is 3. The van der Waals surface area contributed by atoms with Crippen molar-refractivity contribution in [2.24, 2.45) is 5.41 Å². The molecule has 176 valence electrons. The SMILES string of the molecule is CCC(N(NC(=O)c1cccc(OC)c1C)C(=O)c1ccc(C=O)c(B(O)O)c1)C(C)(C)C. The van der Waals surface area contributed by atoms with Gasteiger partial charge < -0.3 is 14.8 Å². The van der Waals surface area contributed by atoms with Gasteiger partial charge in [0.2, 0.25) is 0 Å². The Balaban J connectivity index is 2.54. The quantitative estimate of drug-likeness (QED) is 0.335. The summed E-state index contributed by atoms with van der Waals surface area (Å²) in [5.41, 5.74) is 3.44. The number of nitrogens with zero attached hydrogens (tertiary/aromatic N) is 1. The second kappa shape index (κ2) is 10.6. The van der Waals surface area contributed by atoms with Gasteiger partial charge in [-0.15, -0.1) is 0 Å². The third kappa shape index (κ3) is 5.80. The molecular formula is C24H31BN2O6. The first-order valence-corrected chi connectivity index (χ1v) is 10.7. The molecule has 0 fully saturated rings. The molecule has 2 aromatic carbocycles. The van der Waals surface area contributed by atoms with Gasteiger partial charge in [0.05, 0.1) is 13.2 Å². The molecule has 2 aromatic rings. The van der Waals surface area contributed by atoms with Crippen molar-refractivity contribution in [2.75, 3.05) is 7.11 Å². The highest BCUT2D eigenvalue weighted by Crippen LogP contribution is 2.28. The number of rotatable bonds is 7. The van der Waals surface area contributed by atoms with Crippen LogP contribution >= 0.6 is 0 Å². The maximum absolute atomic E-state index is 13.6. The molecule has 3 N–H and O–H groups in total. The molecule has 0 aliphatic carbocycles. The predicted molar refractivity (Wildman–Crippen MR) is 127 cm³/mol. The minimum absolute atomic E-state index is 0.0620. The van der Waals surface area contributed by atoms with E-state index < -0.39 is 18.9 Å². The van der Waals surface area contributed by atoms with E-state index in [0.29, 0.717) is 29.6 Å². The molecule has 0 heterocycles. The van der Waals surface area contributed by atoms with Crippen LogP contribution in [0, 0.1) is 12.3 Å². The molecule has 0 aliphatic rings. The van der Waals surface area contributed by atoms with E-state index >= 15 is 0 Å². The minimum atomic E-state index is -1.93. The fraction of sp³-hybridized carbons (Fsp3) is 0.375. The summed E-state index contributed by atoms with van der Waals surface area (Å²) in [5.74, 6) is -0.464. The first kappa shape index (κ1) is 26.1. The van der Waals surface area contributed by atoms with E-state index in [4.69, 9.17) is 4.74 Å². The average Bonchev–Trinajstić information content (AvgIpc) is 2.76.